The van der Waals surface area contributed by atoms with E-state index in [2.05, 4.69) is 133 Å². The molecule has 0 N–H and O–H groups in total. The standard InChI is InChI=1S/C27H37B4N/c1-24(2,3)26(28,29)21-14-20(15-22(17-21)27(30,31)25(4,5)6)19-12-13-32-23(16-19)18-10-8-7-9-11-18/h7-17H,28-31H2,1-6H3. The maximum absolute atomic E-state index is 4.66. The lowest BCUT2D eigenvalue weighted by Crippen LogP contribution is -2.43. The van der Waals surface area contributed by atoms with E-state index in [0.717, 1.165) is 11.3 Å². The molecule has 5 heteroatoms. The predicted octanol–water partition coefficient (Wildman–Crippen LogP) is 3.35. The van der Waals surface area contributed by atoms with Gasteiger partial charge in [-0.1, -0.05) is 112 Å². The maximum atomic E-state index is 4.66. The molecular weight excluding hydrogens is 382 g/mol. The molecule has 2 aromatic carbocycles. The first kappa shape index (κ1) is 24.5. The minimum atomic E-state index is 0.0288. The second kappa shape index (κ2) is 8.32. The molecule has 0 aliphatic rings. The molecule has 0 bridgehead atoms. The predicted molar refractivity (Wildman–Crippen MR) is 152 cm³/mol. The Labute approximate surface area is 199 Å². The lowest BCUT2D eigenvalue weighted by Gasteiger charge is -2.43. The Morgan fingerprint density at radius 1 is 0.562 bits per heavy atom. The van der Waals surface area contributed by atoms with Crippen LogP contribution in [0.1, 0.15) is 52.7 Å². The Kier molecular flexibility index (Phi) is 6.37. The van der Waals surface area contributed by atoms with Crippen LogP contribution in [0.4, 0.5) is 0 Å². The van der Waals surface area contributed by atoms with E-state index < -0.39 is 0 Å². The highest BCUT2D eigenvalue weighted by molar-refractivity contribution is 6.42. The fraction of sp³-hybridized carbons (Fsp3) is 0.370. The highest BCUT2D eigenvalue weighted by Crippen LogP contribution is 2.42. The monoisotopic (exact) mass is 419 g/mol. The van der Waals surface area contributed by atoms with Crippen molar-refractivity contribution in [1.82, 2.24) is 4.98 Å². The molecule has 0 atom stereocenters. The molecule has 0 amide bonds. The van der Waals surface area contributed by atoms with Crippen LogP contribution in [0.3, 0.4) is 0 Å². The zero-order chi connectivity index (χ0) is 23.9. The normalized spacial score (nSPS) is 13.2. The van der Waals surface area contributed by atoms with Gasteiger partial charge < -0.3 is 0 Å². The molecule has 0 radical (unpaired) electrons. The van der Waals surface area contributed by atoms with Gasteiger partial charge >= 0.3 is 0 Å². The molecule has 0 saturated heterocycles. The van der Waals surface area contributed by atoms with Gasteiger partial charge in [-0.2, -0.15) is 0 Å². The molecule has 0 unspecified atom stereocenters. The molecule has 1 heterocycles. The van der Waals surface area contributed by atoms with Crippen LogP contribution in [0.2, 0.25) is 0 Å². The summed E-state index contributed by atoms with van der Waals surface area (Å²) >= 11 is 0. The Morgan fingerprint density at radius 2 is 1.06 bits per heavy atom. The minimum Gasteiger partial charge on any atom is -0.256 e. The molecule has 0 aliphatic carbocycles. The summed E-state index contributed by atoms with van der Waals surface area (Å²) in [6, 6.07) is 22.1. The number of nitrogens with zero attached hydrogens (tertiary/aromatic N) is 1. The first-order valence-corrected chi connectivity index (χ1v) is 11.8. The van der Waals surface area contributed by atoms with Gasteiger partial charge in [-0.05, 0) is 34.1 Å². The first-order chi connectivity index (χ1) is 14.6. The number of hydrogen-bond donors (Lipinski definition) is 0. The summed E-state index contributed by atoms with van der Waals surface area (Å²) in [7, 11) is 9.51. The van der Waals surface area contributed by atoms with Crippen molar-refractivity contribution in [3.8, 4) is 22.4 Å². The molecule has 1 aromatic heterocycles. The zero-order valence-electron chi connectivity index (χ0n) is 21.8. The van der Waals surface area contributed by atoms with Crippen molar-refractivity contribution in [2.75, 3.05) is 0 Å². The van der Waals surface area contributed by atoms with Crippen LogP contribution in [-0.4, -0.2) is 36.4 Å². The van der Waals surface area contributed by atoms with Gasteiger partial charge in [0.2, 0.25) is 0 Å². The molecule has 32 heavy (non-hydrogen) atoms. The van der Waals surface area contributed by atoms with Gasteiger partial charge in [0.25, 0.3) is 0 Å². The number of pyridine rings is 1. The molecule has 0 spiro atoms. The molecular formula is C27H37B4N. The van der Waals surface area contributed by atoms with Gasteiger partial charge in [-0.15, -0.1) is 0 Å². The van der Waals surface area contributed by atoms with E-state index in [9.17, 15) is 0 Å². The van der Waals surface area contributed by atoms with Crippen LogP contribution >= 0.6 is 0 Å². The molecule has 162 valence electrons. The lowest BCUT2D eigenvalue weighted by atomic mass is 9.38. The van der Waals surface area contributed by atoms with E-state index in [4.69, 9.17) is 0 Å². The fourth-order valence-corrected chi connectivity index (χ4v) is 3.76. The summed E-state index contributed by atoms with van der Waals surface area (Å²) in [6.45, 7) is 14.0. The number of benzene rings is 2. The van der Waals surface area contributed by atoms with Crippen molar-refractivity contribution in [2.24, 2.45) is 10.8 Å². The van der Waals surface area contributed by atoms with E-state index in [1.165, 1.54) is 22.3 Å². The quantitative estimate of drug-likeness (QED) is 0.592. The van der Waals surface area contributed by atoms with Crippen molar-refractivity contribution in [3.05, 3.63) is 78.0 Å². The van der Waals surface area contributed by atoms with E-state index in [-0.39, 0.29) is 21.3 Å². The maximum Gasteiger partial charge on any atom is 0.105 e. The first-order valence-electron chi connectivity index (χ1n) is 11.8. The third-order valence-corrected chi connectivity index (χ3v) is 8.29. The van der Waals surface area contributed by atoms with Crippen molar-refractivity contribution >= 4 is 31.4 Å². The SMILES string of the molecule is BC(B)(c1cc(-c2ccnc(-c3ccccc3)c2)cc(C(B)(B)C(C)(C)C)c1)C(C)(C)C. The van der Waals surface area contributed by atoms with Crippen LogP contribution < -0.4 is 0 Å². The Morgan fingerprint density at radius 3 is 1.53 bits per heavy atom. The van der Waals surface area contributed by atoms with Gasteiger partial charge in [0.15, 0.2) is 0 Å². The van der Waals surface area contributed by atoms with E-state index in [1.54, 1.807) is 0 Å². The molecule has 3 aromatic rings. The number of hydrogen-bond acceptors (Lipinski definition) is 1. The smallest absolute Gasteiger partial charge is 0.105 e. The summed E-state index contributed by atoms with van der Waals surface area (Å²) in [4.78, 5) is 4.66. The third-order valence-electron chi connectivity index (χ3n) is 8.29. The largest absolute Gasteiger partial charge is 0.256 e. The van der Waals surface area contributed by atoms with Gasteiger partial charge in [-0.25, -0.2) is 0 Å². The highest BCUT2D eigenvalue weighted by Gasteiger charge is 2.38. The summed E-state index contributed by atoms with van der Waals surface area (Å²) in [6.07, 6.45) is 1.94. The third kappa shape index (κ3) is 4.63. The fourth-order valence-electron chi connectivity index (χ4n) is 3.76. The number of aromatic nitrogens is 1. The average molecular weight is 419 g/mol. The van der Waals surface area contributed by atoms with Crippen LogP contribution in [0.25, 0.3) is 22.4 Å². The van der Waals surface area contributed by atoms with E-state index in [1.807, 2.05) is 12.3 Å². The van der Waals surface area contributed by atoms with Crippen LogP contribution in [-0.2, 0) is 10.4 Å². The van der Waals surface area contributed by atoms with Gasteiger partial charge in [0, 0.05) is 11.8 Å². The Hall–Kier alpha value is -2.15. The lowest BCUT2D eigenvalue weighted by molar-refractivity contribution is 0.351. The molecule has 0 fully saturated rings. The van der Waals surface area contributed by atoms with Crippen LogP contribution in [0.5, 0.6) is 0 Å². The molecule has 0 aliphatic heterocycles. The second-order valence-corrected chi connectivity index (χ2v) is 12.3. The van der Waals surface area contributed by atoms with Crippen molar-refractivity contribution in [3.63, 3.8) is 0 Å². The Balaban J connectivity index is 2.25. The molecule has 3 rings (SSSR count). The van der Waals surface area contributed by atoms with Gasteiger partial charge in [-0.3, -0.25) is 4.98 Å². The van der Waals surface area contributed by atoms with Crippen LogP contribution in [0.15, 0.2) is 66.9 Å². The summed E-state index contributed by atoms with van der Waals surface area (Å²) in [5.41, 5.74) is 7.73. The molecule has 0 saturated carbocycles. The van der Waals surface area contributed by atoms with Gasteiger partial charge in [0.1, 0.15) is 31.4 Å². The van der Waals surface area contributed by atoms with Crippen molar-refractivity contribution in [1.29, 1.82) is 0 Å². The number of rotatable bonds is 4. The summed E-state index contributed by atoms with van der Waals surface area (Å²) in [5.74, 6) is 0. The van der Waals surface area contributed by atoms with Gasteiger partial charge in [0.05, 0.1) is 5.69 Å². The van der Waals surface area contributed by atoms with E-state index >= 15 is 0 Å². The topological polar surface area (TPSA) is 12.9 Å². The highest BCUT2D eigenvalue weighted by atomic mass is 14.7. The van der Waals surface area contributed by atoms with Crippen LogP contribution in [0, 0.1) is 10.8 Å². The van der Waals surface area contributed by atoms with E-state index in [0.29, 0.717) is 0 Å². The van der Waals surface area contributed by atoms with Crippen molar-refractivity contribution < 1.29 is 0 Å². The zero-order valence-corrected chi connectivity index (χ0v) is 21.8. The summed E-state index contributed by atoms with van der Waals surface area (Å²) < 4.78 is 0. The average Bonchev–Trinajstić information content (AvgIpc) is 2.72. The minimum absolute atomic E-state index is 0.0288. The second-order valence-electron chi connectivity index (χ2n) is 12.3. The summed E-state index contributed by atoms with van der Waals surface area (Å²) in [5, 5.41) is 0.0576. The van der Waals surface area contributed by atoms with Crippen molar-refractivity contribution in [2.45, 2.75) is 52.0 Å². The molecule has 1 nitrogen and oxygen atoms in total. The Bertz CT molecular complexity index is 1050.